The lowest BCUT2D eigenvalue weighted by molar-refractivity contribution is 0.0692. The van der Waals surface area contributed by atoms with Crippen LogP contribution in [-0.4, -0.2) is 46.6 Å². The summed E-state index contributed by atoms with van der Waals surface area (Å²) < 4.78 is 0. The Morgan fingerprint density at radius 2 is 2.28 bits per heavy atom. The molecular weight excluding hydrogens is 250 g/mol. The molecule has 2 N–H and O–H groups in total. The second kappa shape index (κ2) is 6.15. The van der Waals surface area contributed by atoms with Gasteiger partial charge in [0.05, 0.1) is 5.51 Å². The number of likely N-dealkylation sites (tertiary alicyclic amines) is 1. The second-order valence-electron chi connectivity index (χ2n) is 4.66. The molecule has 1 unspecified atom stereocenters. The molecule has 1 aromatic heterocycles. The van der Waals surface area contributed by atoms with E-state index in [4.69, 9.17) is 5.11 Å². The lowest BCUT2D eigenvalue weighted by atomic mass is 10.1. The van der Waals surface area contributed by atoms with Gasteiger partial charge in [0.1, 0.15) is 5.00 Å². The van der Waals surface area contributed by atoms with Gasteiger partial charge < -0.3 is 10.4 Å². The minimum absolute atomic E-state index is 0.130. The third kappa shape index (κ3) is 3.20. The van der Waals surface area contributed by atoms with E-state index in [-0.39, 0.29) is 5.69 Å². The molecule has 2 rings (SSSR count). The molecule has 0 amide bonds. The van der Waals surface area contributed by atoms with E-state index in [0.29, 0.717) is 11.0 Å². The molecule has 5 nitrogen and oxygen atoms in total. The van der Waals surface area contributed by atoms with Crippen molar-refractivity contribution >= 4 is 22.3 Å². The average molecular weight is 269 g/mol. The molecule has 18 heavy (non-hydrogen) atoms. The van der Waals surface area contributed by atoms with Crippen LogP contribution in [-0.2, 0) is 0 Å². The molecule has 1 aromatic rings. The zero-order valence-corrected chi connectivity index (χ0v) is 11.4. The van der Waals surface area contributed by atoms with E-state index in [2.05, 4.69) is 22.1 Å². The summed E-state index contributed by atoms with van der Waals surface area (Å²) in [7, 11) is 0. The molecule has 0 saturated carbocycles. The van der Waals surface area contributed by atoms with Crippen LogP contribution in [0.4, 0.5) is 5.00 Å². The first-order valence-corrected chi connectivity index (χ1v) is 7.21. The van der Waals surface area contributed by atoms with Crippen LogP contribution in [0.25, 0.3) is 0 Å². The van der Waals surface area contributed by atoms with Crippen molar-refractivity contribution in [3.63, 3.8) is 0 Å². The molecule has 1 aliphatic rings. The summed E-state index contributed by atoms with van der Waals surface area (Å²) in [5.41, 5.74) is 1.70. The lowest BCUT2D eigenvalue weighted by Gasteiger charge is -2.32. The fraction of sp³-hybridized carbons (Fsp3) is 0.667. The number of aromatic nitrogens is 1. The maximum Gasteiger partial charge on any atom is 0.357 e. The monoisotopic (exact) mass is 269 g/mol. The van der Waals surface area contributed by atoms with Gasteiger partial charge in [0.2, 0.25) is 0 Å². The van der Waals surface area contributed by atoms with Crippen molar-refractivity contribution in [1.29, 1.82) is 0 Å². The van der Waals surface area contributed by atoms with Crippen molar-refractivity contribution in [1.82, 2.24) is 9.88 Å². The van der Waals surface area contributed by atoms with Crippen molar-refractivity contribution in [2.75, 3.05) is 25.0 Å². The largest absolute Gasteiger partial charge is 0.476 e. The molecule has 0 aromatic carbocycles. The summed E-state index contributed by atoms with van der Waals surface area (Å²) in [6.07, 6.45) is 3.87. The van der Waals surface area contributed by atoms with Gasteiger partial charge in [-0.05, 0) is 32.9 Å². The highest BCUT2D eigenvalue weighted by molar-refractivity contribution is 7.14. The summed E-state index contributed by atoms with van der Waals surface area (Å²) >= 11 is 1.34. The zero-order chi connectivity index (χ0) is 13.0. The molecule has 6 heteroatoms. The Balaban J connectivity index is 1.86. The molecule has 2 heterocycles. The summed E-state index contributed by atoms with van der Waals surface area (Å²) in [5.74, 6) is -0.968. The van der Waals surface area contributed by atoms with Crippen LogP contribution in [0, 0.1) is 0 Å². The Morgan fingerprint density at radius 3 is 2.94 bits per heavy atom. The maximum absolute atomic E-state index is 10.9. The van der Waals surface area contributed by atoms with Crippen molar-refractivity contribution < 1.29 is 9.90 Å². The number of carboxylic acids is 1. The molecule has 0 aliphatic carbocycles. The summed E-state index contributed by atoms with van der Waals surface area (Å²) in [5, 5.41) is 12.8. The Hall–Kier alpha value is -1.14. The van der Waals surface area contributed by atoms with Gasteiger partial charge in [0, 0.05) is 12.6 Å². The second-order valence-corrected chi connectivity index (χ2v) is 5.52. The van der Waals surface area contributed by atoms with Gasteiger partial charge in [0.15, 0.2) is 5.69 Å². The van der Waals surface area contributed by atoms with Gasteiger partial charge in [0.25, 0.3) is 0 Å². The standard InChI is InChI=1S/C12H19N3O2S/c1-9(15-5-3-2-4-6-15)7-13-11-10(12(16)17)14-8-18-11/h8-9,13H,2-7H2,1H3,(H,16,17). The molecule has 1 saturated heterocycles. The van der Waals surface area contributed by atoms with Gasteiger partial charge >= 0.3 is 5.97 Å². The number of hydrogen-bond donors (Lipinski definition) is 2. The number of nitrogens with zero attached hydrogens (tertiary/aromatic N) is 2. The van der Waals surface area contributed by atoms with Crippen LogP contribution in [0.2, 0.25) is 0 Å². The summed E-state index contributed by atoms with van der Waals surface area (Å²) in [6, 6.07) is 0.425. The van der Waals surface area contributed by atoms with E-state index < -0.39 is 5.97 Å². The Bertz CT molecular complexity index is 402. The highest BCUT2D eigenvalue weighted by Crippen LogP contribution is 2.20. The van der Waals surface area contributed by atoms with E-state index >= 15 is 0 Å². The summed E-state index contributed by atoms with van der Waals surface area (Å²) in [4.78, 5) is 17.2. The fourth-order valence-corrected chi connectivity index (χ4v) is 2.93. The van der Waals surface area contributed by atoms with Crippen LogP contribution in [0.5, 0.6) is 0 Å². The first-order chi connectivity index (χ1) is 8.68. The fourth-order valence-electron chi connectivity index (χ4n) is 2.25. The number of rotatable bonds is 5. The Labute approximate surface area is 111 Å². The van der Waals surface area contributed by atoms with E-state index in [1.165, 1.54) is 30.6 Å². The zero-order valence-electron chi connectivity index (χ0n) is 10.6. The molecule has 1 fully saturated rings. The third-order valence-corrected chi connectivity index (χ3v) is 4.13. The summed E-state index contributed by atoms with van der Waals surface area (Å²) in [6.45, 7) is 5.25. The number of aromatic carboxylic acids is 1. The minimum atomic E-state index is -0.968. The number of thiazole rings is 1. The first kappa shape index (κ1) is 13.3. The molecule has 100 valence electrons. The quantitative estimate of drug-likeness (QED) is 0.857. The van der Waals surface area contributed by atoms with E-state index in [1.54, 1.807) is 5.51 Å². The molecule has 0 bridgehead atoms. The number of anilines is 1. The normalized spacial score (nSPS) is 18.5. The lowest BCUT2D eigenvalue weighted by Crippen LogP contribution is -2.41. The van der Waals surface area contributed by atoms with E-state index in [1.807, 2.05) is 0 Å². The van der Waals surface area contributed by atoms with Crippen LogP contribution >= 0.6 is 11.3 Å². The van der Waals surface area contributed by atoms with Gasteiger partial charge in [-0.1, -0.05) is 6.42 Å². The topological polar surface area (TPSA) is 65.5 Å². The number of carboxylic acid groups (broad SMARTS) is 1. The van der Waals surface area contributed by atoms with Crippen molar-refractivity contribution in [2.24, 2.45) is 0 Å². The predicted octanol–water partition coefficient (Wildman–Crippen LogP) is 2.13. The predicted molar refractivity (Wildman–Crippen MR) is 72.4 cm³/mol. The molecule has 0 spiro atoms. The van der Waals surface area contributed by atoms with Crippen molar-refractivity contribution in [2.45, 2.75) is 32.2 Å². The highest BCUT2D eigenvalue weighted by Gasteiger charge is 2.18. The number of nitrogens with one attached hydrogen (secondary N) is 1. The van der Waals surface area contributed by atoms with Crippen LogP contribution in [0.15, 0.2) is 5.51 Å². The maximum atomic E-state index is 10.9. The first-order valence-electron chi connectivity index (χ1n) is 6.33. The third-order valence-electron chi connectivity index (χ3n) is 3.34. The van der Waals surface area contributed by atoms with Crippen LogP contribution in [0.3, 0.4) is 0 Å². The number of piperidine rings is 1. The number of hydrogen-bond acceptors (Lipinski definition) is 5. The van der Waals surface area contributed by atoms with E-state index in [9.17, 15) is 4.79 Å². The number of carbonyl (C=O) groups is 1. The van der Waals surface area contributed by atoms with Gasteiger partial charge in [-0.2, -0.15) is 0 Å². The molecule has 1 aliphatic heterocycles. The SMILES string of the molecule is CC(CNc1scnc1C(=O)O)N1CCCCC1. The highest BCUT2D eigenvalue weighted by atomic mass is 32.1. The van der Waals surface area contributed by atoms with Crippen LogP contribution < -0.4 is 5.32 Å². The van der Waals surface area contributed by atoms with Gasteiger partial charge in [-0.25, -0.2) is 9.78 Å². The minimum Gasteiger partial charge on any atom is -0.476 e. The Morgan fingerprint density at radius 1 is 1.56 bits per heavy atom. The average Bonchev–Trinajstić information content (AvgIpc) is 2.85. The van der Waals surface area contributed by atoms with Crippen molar-refractivity contribution in [3.8, 4) is 0 Å². The van der Waals surface area contributed by atoms with E-state index in [0.717, 1.165) is 19.6 Å². The molecule has 0 radical (unpaired) electrons. The Kier molecular flexibility index (Phi) is 4.54. The van der Waals surface area contributed by atoms with Crippen LogP contribution in [0.1, 0.15) is 36.7 Å². The van der Waals surface area contributed by atoms with Gasteiger partial charge in [-0.15, -0.1) is 11.3 Å². The van der Waals surface area contributed by atoms with Gasteiger partial charge in [-0.3, -0.25) is 4.90 Å². The smallest absolute Gasteiger partial charge is 0.357 e. The van der Waals surface area contributed by atoms with Crippen molar-refractivity contribution in [3.05, 3.63) is 11.2 Å². The molecular formula is C12H19N3O2S. The molecule has 1 atom stereocenters.